The summed E-state index contributed by atoms with van der Waals surface area (Å²) in [5.74, 6) is 0.629. The van der Waals surface area contributed by atoms with Crippen LogP contribution in [0.5, 0.6) is 0 Å². The Kier molecular flexibility index (Phi) is 7.08. The van der Waals surface area contributed by atoms with Crippen molar-refractivity contribution in [3.05, 3.63) is 60.2 Å². The van der Waals surface area contributed by atoms with E-state index in [0.717, 1.165) is 42.5 Å². The summed E-state index contributed by atoms with van der Waals surface area (Å²) in [6, 6.07) is 10.4. The Morgan fingerprint density at radius 1 is 1.22 bits per heavy atom. The lowest BCUT2D eigenvalue weighted by atomic mass is 9.57. The minimum Gasteiger partial charge on any atom is -0.462 e. The van der Waals surface area contributed by atoms with Gasteiger partial charge in [0.2, 0.25) is 0 Å². The zero-order valence-corrected chi connectivity index (χ0v) is 20.7. The van der Waals surface area contributed by atoms with Gasteiger partial charge in [0.1, 0.15) is 11.9 Å². The van der Waals surface area contributed by atoms with Crippen molar-refractivity contribution in [1.82, 2.24) is 10.3 Å². The Morgan fingerprint density at radius 2 is 2.08 bits per heavy atom. The summed E-state index contributed by atoms with van der Waals surface area (Å²) in [4.78, 5) is 29.2. The number of benzene rings is 1. The molecule has 0 radical (unpaired) electrons. The summed E-state index contributed by atoms with van der Waals surface area (Å²) in [6.07, 6.45) is 9.07. The molecule has 6 nitrogen and oxygen atoms in total. The zero-order chi connectivity index (χ0) is 25.2. The number of halogens is 1. The van der Waals surface area contributed by atoms with E-state index in [1.54, 1.807) is 19.2 Å². The van der Waals surface area contributed by atoms with Crippen LogP contribution >= 0.6 is 0 Å². The molecule has 0 bridgehead atoms. The molecule has 2 aliphatic carbocycles. The predicted molar refractivity (Wildman–Crippen MR) is 134 cm³/mol. The highest BCUT2D eigenvalue weighted by atomic mass is 19.1. The molecule has 2 heterocycles. The molecule has 0 spiro atoms. The number of nitrogens with zero attached hydrogens (tertiary/aromatic N) is 1. The van der Waals surface area contributed by atoms with Crippen LogP contribution in [0, 0.1) is 35.4 Å². The number of carbonyl (C=O) groups is 2. The lowest BCUT2D eigenvalue weighted by Crippen LogP contribution is -2.48. The van der Waals surface area contributed by atoms with E-state index in [0.29, 0.717) is 18.4 Å². The van der Waals surface area contributed by atoms with Crippen molar-refractivity contribution in [3.8, 4) is 11.1 Å². The third kappa shape index (κ3) is 5.01. The number of rotatable bonds is 5. The summed E-state index contributed by atoms with van der Waals surface area (Å²) < 4.78 is 24.3. The van der Waals surface area contributed by atoms with Crippen LogP contribution in [0.25, 0.3) is 17.2 Å². The molecular formula is C29H33FN2O4. The molecule has 3 aliphatic rings. The van der Waals surface area contributed by atoms with Gasteiger partial charge >= 0.3 is 12.1 Å². The van der Waals surface area contributed by atoms with Gasteiger partial charge in [-0.1, -0.05) is 24.3 Å². The average molecular weight is 493 g/mol. The Hall–Kier alpha value is -3.22. The topological polar surface area (TPSA) is 77.5 Å². The van der Waals surface area contributed by atoms with Gasteiger partial charge in [-0.05, 0) is 87.1 Å². The summed E-state index contributed by atoms with van der Waals surface area (Å²) in [6.45, 7) is 4.15. The van der Waals surface area contributed by atoms with Crippen LogP contribution < -0.4 is 5.32 Å². The van der Waals surface area contributed by atoms with Crippen LogP contribution in [-0.4, -0.2) is 35.8 Å². The third-order valence-corrected chi connectivity index (χ3v) is 8.18. The maximum Gasteiger partial charge on any atom is 0.407 e. The fourth-order valence-electron chi connectivity index (χ4n) is 6.64. The summed E-state index contributed by atoms with van der Waals surface area (Å²) in [5, 5.41) is 3.00. The number of carbonyl (C=O) groups excluding carboxylic acids is 2. The van der Waals surface area contributed by atoms with E-state index >= 15 is 0 Å². The monoisotopic (exact) mass is 492 g/mol. The maximum atomic E-state index is 13.6. The lowest BCUT2D eigenvalue weighted by Gasteiger charge is -2.47. The maximum absolute atomic E-state index is 13.6. The average Bonchev–Trinajstić information content (AvgIpc) is 3.15. The fraction of sp³-hybridized carbons (Fsp3) is 0.483. The van der Waals surface area contributed by atoms with Gasteiger partial charge in [0.15, 0.2) is 0 Å². The van der Waals surface area contributed by atoms with Crippen LogP contribution in [-0.2, 0) is 14.3 Å². The molecule has 5 rings (SSSR count). The van der Waals surface area contributed by atoms with Crippen molar-refractivity contribution in [3.63, 3.8) is 0 Å². The first-order valence-electron chi connectivity index (χ1n) is 13.0. The van der Waals surface area contributed by atoms with Crippen molar-refractivity contribution in [2.24, 2.45) is 29.6 Å². The Labute approximate surface area is 211 Å². The standard InChI is InChI=1S/C29H33FN2O4/c1-3-35-29(34)32-23-10-11-24-20(14-23)15-26-27(17(2)36-28(26)33)25(24)12-9-22-8-7-19(16-31-22)18-5-4-6-21(30)13-18/h4-9,12-13,16-17,20,23-27H,3,10-11,14-15H2,1-2H3,(H,32,34)/b12-9+/t17-,20-,23-,24-,25-,26+,27-/m0/s1. The van der Waals surface area contributed by atoms with Crippen LogP contribution in [0.15, 0.2) is 48.7 Å². The molecule has 1 aromatic heterocycles. The number of hydrogen-bond donors (Lipinski definition) is 1. The predicted octanol–water partition coefficient (Wildman–Crippen LogP) is 5.63. The van der Waals surface area contributed by atoms with Crippen LogP contribution in [0.1, 0.15) is 45.2 Å². The van der Waals surface area contributed by atoms with Crippen LogP contribution in [0.3, 0.4) is 0 Å². The molecule has 1 aliphatic heterocycles. The quantitative estimate of drug-likeness (QED) is 0.548. The Balaban J connectivity index is 1.34. The Morgan fingerprint density at radius 3 is 2.83 bits per heavy atom. The van der Waals surface area contributed by atoms with Gasteiger partial charge in [0.25, 0.3) is 0 Å². The number of ether oxygens (including phenoxy) is 2. The van der Waals surface area contributed by atoms with E-state index in [1.807, 2.05) is 31.2 Å². The molecule has 0 unspecified atom stereocenters. The van der Waals surface area contributed by atoms with Gasteiger partial charge in [-0.2, -0.15) is 0 Å². The lowest BCUT2D eigenvalue weighted by molar-refractivity contribution is -0.144. The minimum absolute atomic E-state index is 0.0679. The van der Waals surface area contributed by atoms with Gasteiger partial charge in [-0.25, -0.2) is 9.18 Å². The van der Waals surface area contributed by atoms with E-state index in [9.17, 15) is 14.0 Å². The number of amides is 1. The number of aromatic nitrogens is 1. The second-order valence-corrected chi connectivity index (χ2v) is 10.3. The molecule has 1 aromatic carbocycles. The van der Waals surface area contributed by atoms with Crippen molar-refractivity contribution >= 4 is 18.1 Å². The van der Waals surface area contributed by atoms with Crippen molar-refractivity contribution in [1.29, 1.82) is 0 Å². The molecule has 1 saturated heterocycles. The Bertz CT molecular complexity index is 1130. The van der Waals surface area contributed by atoms with Gasteiger partial charge in [-0.15, -0.1) is 0 Å². The minimum atomic E-state index is -0.368. The first-order valence-corrected chi connectivity index (χ1v) is 13.0. The van der Waals surface area contributed by atoms with Gasteiger partial charge in [0.05, 0.1) is 18.2 Å². The number of alkyl carbamates (subject to hydrolysis) is 1. The highest BCUT2D eigenvalue weighted by Crippen LogP contribution is 2.53. The smallest absolute Gasteiger partial charge is 0.407 e. The number of fused-ring (bicyclic) bond motifs is 2. The normalized spacial score (nSPS) is 31.4. The first kappa shape index (κ1) is 24.5. The van der Waals surface area contributed by atoms with Crippen LogP contribution in [0.4, 0.5) is 9.18 Å². The molecule has 36 heavy (non-hydrogen) atoms. The molecule has 190 valence electrons. The number of hydrogen-bond acceptors (Lipinski definition) is 5. The molecule has 7 heteroatoms. The summed E-state index contributed by atoms with van der Waals surface area (Å²) >= 11 is 0. The van der Waals surface area contributed by atoms with E-state index in [4.69, 9.17) is 9.47 Å². The van der Waals surface area contributed by atoms with E-state index in [1.165, 1.54) is 12.1 Å². The SMILES string of the molecule is CCOC(=O)N[C@H]1CC[C@H]2[C@@H](C1)C[C@H]1C(=O)O[C@@H](C)[C@H]1[C@H]2/C=C/c1ccc(-c2cccc(F)c2)cn1. The molecule has 7 atom stereocenters. The van der Waals surface area contributed by atoms with Crippen molar-refractivity contribution in [2.45, 2.75) is 51.7 Å². The van der Waals surface area contributed by atoms with Gasteiger partial charge in [-0.3, -0.25) is 9.78 Å². The van der Waals surface area contributed by atoms with E-state index in [2.05, 4.69) is 16.4 Å². The van der Waals surface area contributed by atoms with Crippen LogP contribution in [0.2, 0.25) is 0 Å². The molecule has 3 fully saturated rings. The third-order valence-electron chi connectivity index (χ3n) is 8.18. The van der Waals surface area contributed by atoms with Gasteiger partial charge in [0, 0.05) is 23.7 Å². The second kappa shape index (κ2) is 10.4. The fourth-order valence-corrected chi connectivity index (χ4v) is 6.64. The van der Waals surface area contributed by atoms with Crippen molar-refractivity contribution < 1.29 is 23.5 Å². The number of nitrogens with one attached hydrogen (secondary N) is 1. The number of allylic oxidation sites excluding steroid dienone is 1. The van der Waals surface area contributed by atoms with Crippen molar-refractivity contribution in [2.75, 3.05) is 6.61 Å². The summed E-state index contributed by atoms with van der Waals surface area (Å²) in [5.41, 5.74) is 2.48. The zero-order valence-electron chi connectivity index (χ0n) is 20.7. The second-order valence-electron chi connectivity index (χ2n) is 10.3. The largest absolute Gasteiger partial charge is 0.462 e. The number of esters is 1. The molecule has 1 N–H and O–H groups in total. The molecule has 2 aromatic rings. The molecular weight excluding hydrogens is 459 g/mol. The molecule has 1 amide bonds. The van der Waals surface area contributed by atoms with Gasteiger partial charge < -0.3 is 14.8 Å². The van der Waals surface area contributed by atoms with E-state index < -0.39 is 0 Å². The van der Waals surface area contributed by atoms with E-state index in [-0.39, 0.29) is 47.8 Å². The summed E-state index contributed by atoms with van der Waals surface area (Å²) in [7, 11) is 0. The number of cyclic esters (lactones) is 1. The first-order chi connectivity index (χ1) is 17.4. The number of pyridine rings is 1. The molecule has 2 saturated carbocycles. The highest BCUT2D eigenvalue weighted by Gasteiger charge is 2.54. The highest BCUT2D eigenvalue weighted by molar-refractivity contribution is 5.75.